The molecule has 0 aliphatic carbocycles. The number of nitrogen functional groups attached to an aromatic ring is 1. The van der Waals surface area contributed by atoms with Crippen LogP contribution in [0.5, 0.6) is 5.75 Å². The fourth-order valence-electron chi connectivity index (χ4n) is 1.43. The van der Waals surface area contributed by atoms with Gasteiger partial charge >= 0.3 is 6.36 Å². The summed E-state index contributed by atoms with van der Waals surface area (Å²) >= 11 is 0. The van der Waals surface area contributed by atoms with E-state index in [9.17, 15) is 13.2 Å². The van der Waals surface area contributed by atoms with Crippen LogP contribution in [-0.4, -0.2) is 11.3 Å². The van der Waals surface area contributed by atoms with Crippen LogP contribution in [0, 0.1) is 0 Å². The van der Waals surface area contributed by atoms with Gasteiger partial charge in [0.2, 0.25) is 0 Å². The van der Waals surface area contributed by atoms with Gasteiger partial charge in [-0.25, -0.2) is 4.98 Å². The molecule has 0 fully saturated rings. The Kier molecular flexibility index (Phi) is 3.46. The van der Waals surface area contributed by atoms with Crippen molar-refractivity contribution in [1.82, 2.24) is 4.98 Å². The van der Waals surface area contributed by atoms with E-state index in [2.05, 4.69) is 15.0 Å². The molecule has 19 heavy (non-hydrogen) atoms. The molecule has 0 saturated carbocycles. The molecule has 1 aromatic heterocycles. The number of nitrogens with two attached hydrogens (primary N) is 1. The number of nitrogens with one attached hydrogen (secondary N) is 1. The maximum Gasteiger partial charge on any atom is 0.573 e. The number of halogens is 3. The molecular weight excluding hydrogens is 259 g/mol. The largest absolute Gasteiger partial charge is 0.573 e. The molecule has 2 rings (SSSR count). The summed E-state index contributed by atoms with van der Waals surface area (Å²) in [4.78, 5) is 3.83. The topological polar surface area (TPSA) is 60.2 Å². The molecule has 100 valence electrons. The van der Waals surface area contributed by atoms with Crippen molar-refractivity contribution in [2.24, 2.45) is 0 Å². The molecule has 1 aromatic carbocycles. The Morgan fingerprint density at radius 2 is 1.74 bits per heavy atom. The number of pyridine rings is 1. The third-order valence-corrected chi connectivity index (χ3v) is 2.16. The Morgan fingerprint density at radius 1 is 1.05 bits per heavy atom. The van der Waals surface area contributed by atoms with Gasteiger partial charge in [0.1, 0.15) is 11.6 Å². The lowest BCUT2D eigenvalue weighted by Gasteiger charge is -2.10. The molecule has 0 atom stereocenters. The Hall–Kier alpha value is -2.44. The smallest absolute Gasteiger partial charge is 0.406 e. The van der Waals surface area contributed by atoms with Crippen molar-refractivity contribution < 1.29 is 17.9 Å². The van der Waals surface area contributed by atoms with Gasteiger partial charge in [-0.1, -0.05) is 0 Å². The molecule has 2 aromatic rings. The molecular formula is C12H10F3N3O. The zero-order valence-corrected chi connectivity index (χ0v) is 9.61. The summed E-state index contributed by atoms with van der Waals surface area (Å²) in [5.41, 5.74) is 6.81. The van der Waals surface area contributed by atoms with Crippen LogP contribution in [0.1, 0.15) is 0 Å². The molecule has 0 unspecified atom stereocenters. The van der Waals surface area contributed by atoms with Gasteiger partial charge in [-0.2, -0.15) is 0 Å². The SMILES string of the molecule is Nc1cc(Nc2ccc(OC(F)(F)F)cc2)ccn1. The third kappa shape index (κ3) is 4.06. The fraction of sp³-hybridized carbons (Fsp3) is 0.0833. The van der Waals surface area contributed by atoms with Crippen LogP contribution < -0.4 is 15.8 Å². The first kappa shape index (κ1) is 13.0. The number of rotatable bonds is 3. The van der Waals surface area contributed by atoms with Crippen LogP contribution in [-0.2, 0) is 0 Å². The summed E-state index contributed by atoms with van der Waals surface area (Å²) < 4.78 is 39.7. The standard InChI is InChI=1S/C12H10F3N3O/c13-12(14,15)19-10-3-1-8(2-4-10)18-9-5-6-17-11(16)7-9/h1-7H,(H3,16,17,18). The highest BCUT2D eigenvalue weighted by atomic mass is 19.4. The molecule has 4 nitrogen and oxygen atoms in total. The lowest BCUT2D eigenvalue weighted by molar-refractivity contribution is -0.274. The zero-order valence-electron chi connectivity index (χ0n) is 9.61. The van der Waals surface area contributed by atoms with E-state index in [0.717, 1.165) is 0 Å². The minimum atomic E-state index is -4.69. The monoisotopic (exact) mass is 269 g/mol. The van der Waals surface area contributed by atoms with E-state index in [-0.39, 0.29) is 5.75 Å². The summed E-state index contributed by atoms with van der Waals surface area (Å²) in [6.07, 6.45) is -3.16. The average Bonchev–Trinajstić information content (AvgIpc) is 2.30. The second-order valence-corrected chi connectivity index (χ2v) is 3.67. The number of ether oxygens (including phenoxy) is 1. The van der Waals surface area contributed by atoms with E-state index < -0.39 is 6.36 Å². The number of nitrogens with zero attached hydrogens (tertiary/aromatic N) is 1. The van der Waals surface area contributed by atoms with Crippen molar-refractivity contribution >= 4 is 17.2 Å². The van der Waals surface area contributed by atoms with Crippen molar-refractivity contribution in [3.8, 4) is 5.75 Å². The summed E-state index contributed by atoms with van der Waals surface area (Å²) in [7, 11) is 0. The maximum absolute atomic E-state index is 12.0. The molecule has 0 bridgehead atoms. The molecule has 7 heteroatoms. The molecule has 0 amide bonds. The molecule has 0 aliphatic rings. The van der Waals surface area contributed by atoms with Crippen LogP contribution in [0.4, 0.5) is 30.4 Å². The summed E-state index contributed by atoms with van der Waals surface area (Å²) in [6.45, 7) is 0. The van der Waals surface area contributed by atoms with Crippen molar-refractivity contribution in [3.05, 3.63) is 42.6 Å². The van der Waals surface area contributed by atoms with Gasteiger partial charge < -0.3 is 15.8 Å². The average molecular weight is 269 g/mol. The van der Waals surface area contributed by atoms with Crippen LogP contribution >= 0.6 is 0 Å². The predicted octanol–water partition coefficient (Wildman–Crippen LogP) is 3.31. The molecule has 0 aliphatic heterocycles. The van der Waals surface area contributed by atoms with Gasteiger partial charge in [-0.3, -0.25) is 0 Å². The van der Waals surface area contributed by atoms with E-state index in [4.69, 9.17) is 5.73 Å². The van der Waals surface area contributed by atoms with Gasteiger partial charge in [0.15, 0.2) is 0 Å². The van der Waals surface area contributed by atoms with Crippen LogP contribution in [0.2, 0.25) is 0 Å². The highest BCUT2D eigenvalue weighted by Gasteiger charge is 2.30. The van der Waals surface area contributed by atoms with Crippen molar-refractivity contribution in [2.45, 2.75) is 6.36 Å². The van der Waals surface area contributed by atoms with Crippen molar-refractivity contribution in [3.63, 3.8) is 0 Å². The van der Waals surface area contributed by atoms with Crippen molar-refractivity contribution in [1.29, 1.82) is 0 Å². The number of aromatic nitrogens is 1. The number of alkyl halides is 3. The second-order valence-electron chi connectivity index (χ2n) is 3.67. The molecule has 3 N–H and O–H groups in total. The molecule has 1 heterocycles. The van der Waals surface area contributed by atoms with Crippen LogP contribution in [0.3, 0.4) is 0 Å². The number of anilines is 3. The van der Waals surface area contributed by atoms with Crippen LogP contribution in [0.25, 0.3) is 0 Å². The zero-order chi connectivity index (χ0) is 13.9. The number of hydrogen-bond acceptors (Lipinski definition) is 4. The van der Waals surface area contributed by atoms with E-state index in [1.165, 1.54) is 30.5 Å². The molecule has 0 spiro atoms. The molecule has 0 radical (unpaired) electrons. The summed E-state index contributed by atoms with van der Waals surface area (Å²) in [6, 6.07) is 8.69. The van der Waals surface area contributed by atoms with Gasteiger partial charge in [0.05, 0.1) is 0 Å². The van der Waals surface area contributed by atoms with E-state index in [1.807, 2.05) is 0 Å². The number of benzene rings is 1. The van der Waals surface area contributed by atoms with Crippen LogP contribution in [0.15, 0.2) is 42.6 Å². The van der Waals surface area contributed by atoms with E-state index in [0.29, 0.717) is 17.2 Å². The Balaban J connectivity index is 2.07. The minimum absolute atomic E-state index is 0.271. The minimum Gasteiger partial charge on any atom is -0.406 e. The highest BCUT2D eigenvalue weighted by Crippen LogP contribution is 2.25. The first-order valence-corrected chi connectivity index (χ1v) is 5.27. The van der Waals surface area contributed by atoms with Gasteiger partial charge in [0.25, 0.3) is 0 Å². The lowest BCUT2D eigenvalue weighted by atomic mass is 10.3. The summed E-state index contributed by atoms with van der Waals surface area (Å²) in [5, 5.41) is 2.98. The van der Waals surface area contributed by atoms with Gasteiger partial charge in [0, 0.05) is 23.6 Å². The first-order valence-electron chi connectivity index (χ1n) is 5.27. The quantitative estimate of drug-likeness (QED) is 0.897. The maximum atomic E-state index is 12.0. The predicted molar refractivity (Wildman–Crippen MR) is 65.1 cm³/mol. The highest BCUT2D eigenvalue weighted by molar-refractivity contribution is 5.62. The van der Waals surface area contributed by atoms with Gasteiger partial charge in [-0.05, 0) is 30.3 Å². The first-order chi connectivity index (χ1) is 8.92. The van der Waals surface area contributed by atoms with E-state index in [1.54, 1.807) is 12.1 Å². The normalized spacial score (nSPS) is 11.1. The third-order valence-electron chi connectivity index (χ3n) is 2.16. The van der Waals surface area contributed by atoms with Crippen molar-refractivity contribution in [2.75, 3.05) is 11.1 Å². The number of hydrogen-bond donors (Lipinski definition) is 2. The summed E-state index contributed by atoms with van der Waals surface area (Å²) in [5.74, 6) is 0.0781. The Labute approximate surface area is 107 Å². The Bertz CT molecular complexity index is 555. The second kappa shape index (κ2) is 5.05. The lowest BCUT2D eigenvalue weighted by Crippen LogP contribution is -2.16. The Morgan fingerprint density at radius 3 is 2.32 bits per heavy atom. The fourth-order valence-corrected chi connectivity index (χ4v) is 1.43. The van der Waals surface area contributed by atoms with E-state index >= 15 is 0 Å². The van der Waals surface area contributed by atoms with Gasteiger partial charge in [-0.15, -0.1) is 13.2 Å². The molecule has 0 saturated heterocycles.